The van der Waals surface area contributed by atoms with Gasteiger partial charge in [-0.1, -0.05) is 42.5 Å². The van der Waals surface area contributed by atoms with Crippen LogP contribution in [0, 0.1) is 5.41 Å². The molecule has 1 heterocycles. The molecule has 7 nitrogen and oxygen atoms in total. The Hall–Kier alpha value is -3.48. The standard InChI is InChI=1S/C20H16N2O5/c1-26-18(24)15-20(19(25)27-2)16(13-10-6-7-11-14(13)17(20)23)22(21-15)12-8-4-3-5-9-12/h3-11,16H,1-2H3. The minimum absolute atomic E-state index is 0.271. The molecule has 136 valence electrons. The number of hydrogen-bond donors (Lipinski definition) is 0. The van der Waals surface area contributed by atoms with Gasteiger partial charge in [0.2, 0.25) is 5.41 Å². The fourth-order valence-electron chi connectivity index (χ4n) is 3.86. The topological polar surface area (TPSA) is 85.3 Å². The van der Waals surface area contributed by atoms with Crippen LogP contribution >= 0.6 is 0 Å². The molecule has 7 heteroatoms. The predicted octanol–water partition coefficient (Wildman–Crippen LogP) is 2.13. The molecule has 2 aromatic rings. The molecule has 0 saturated heterocycles. The second-order valence-electron chi connectivity index (χ2n) is 6.24. The van der Waals surface area contributed by atoms with Gasteiger partial charge < -0.3 is 9.47 Å². The second kappa shape index (κ2) is 6.05. The third kappa shape index (κ3) is 2.08. The largest absolute Gasteiger partial charge is 0.468 e. The number of benzene rings is 2. The highest BCUT2D eigenvalue weighted by molar-refractivity contribution is 6.51. The Morgan fingerprint density at radius 3 is 2.33 bits per heavy atom. The fourth-order valence-corrected chi connectivity index (χ4v) is 3.86. The summed E-state index contributed by atoms with van der Waals surface area (Å²) in [6.07, 6.45) is 0. The van der Waals surface area contributed by atoms with Crippen LogP contribution in [-0.4, -0.2) is 37.7 Å². The SMILES string of the molecule is COC(=O)C1=NN(c2ccccc2)C2c3ccccc3C(=O)C12C(=O)OC. The van der Waals surface area contributed by atoms with E-state index in [4.69, 9.17) is 9.47 Å². The van der Waals surface area contributed by atoms with Gasteiger partial charge in [0.05, 0.1) is 19.9 Å². The molecule has 2 unspecified atom stereocenters. The van der Waals surface area contributed by atoms with Crippen molar-refractivity contribution in [2.45, 2.75) is 6.04 Å². The number of anilines is 1. The normalized spacial score (nSPS) is 22.7. The Kier molecular flexibility index (Phi) is 3.80. The first kappa shape index (κ1) is 17.0. The molecular weight excluding hydrogens is 348 g/mol. The molecular formula is C20H16N2O5. The average molecular weight is 364 g/mol. The number of nitrogens with zero attached hydrogens (tertiary/aromatic N) is 2. The minimum atomic E-state index is -1.90. The molecule has 0 bridgehead atoms. The lowest BCUT2D eigenvalue weighted by molar-refractivity contribution is -0.148. The Bertz CT molecular complexity index is 985. The predicted molar refractivity (Wildman–Crippen MR) is 96.3 cm³/mol. The summed E-state index contributed by atoms with van der Waals surface area (Å²) in [5.41, 5.74) is -0.558. The van der Waals surface area contributed by atoms with Crippen LogP contribution in [0.15, 0.2) is 59.7 Å². The first-order valence-electron chi connectivity index (χ1n) is 8.31. The summed E-state index contributed by atoms with van der Waals surface area (Å²) in [7, 11) is 2.37. The molecule has 0 radical (unpaired) electrons. The highest BCUT2D eigenvalue weighted by Gasteiger charge is 2.70. The quantitative estimate of drug-likeness (QED) is 0.613. The second-order valence-corrected chi connectivity index (χ2v) is 6.24. The van der Waals surface area contributed by atoms with E-state index in [9.17, 15) is 14.4 Å². The van der Waals surface area contributed by atoms with E-state index in [2.05, 4.69) is 5.10 Å². The van der Waals surface area contributed by atoms with Crippen LogP contribution in [0.2, 0.25) is 0 Å². The Morgan fingerprint density at radius 1 is 1.00 bits per heavy atom. The number of para-hydroxylation sites is 1. The molecule has 0 saturated carbocycles. The molecule has 0 amide bonds. The fraction of sp³-hybridized carbons (Fsp3) is 0.200. The van der Waals surface area contributed by atoms with Crippen LogP contribution in [-0.2, 0) is 19.1 Å². The van der Waals surface area contributed by atoms with Crippen molar-refractivity contribution in [3.8, 4) is 0 Å². The Balaban J connectivity index is 2.03. The minimum Gasteiger partial charge on any atom is -0.468 e. The van der Waals surface area contributed by atoms with Crippen molar-refractivity contribution in [2.24, 2.45) is 10.5 Å². The smallest absolute Gasteiger partial charge is 0.356 e. The molecule has 4 rings (SSSR count). The number of ether oxygens (including phenoxy) is 2. The van der Waals surface area contributed by atoms with Crippen molar-refractivity contribution >= 4 is 29.1 Å². The molecule has 0 N–H and O–H groups in total. The first-order valence-corrected chi connectivity index (χ1v) is 8.31. The number of ketones is 1. The van der Waals surface area contributed by atoms with E-state index in [1.165, 1.54) is 19.2 Å². The van der Waals surface area contributed by atoms with E-state index in [1.807, 2.05) is 18.2 Å². The number of methoxy groups -OCH3 is 2. The van der Waals surface area contributed by atoms with Crippen LogP contribution in [0.3, 0.4) is 0 Å². The van der Waals surface area contributed by atoms with Crippen molar-refractivity contribution in [3.63, 3.8) is 0 Å². The monoisotopic (exact) mass is 364 g/mol. The molecule has 1 aliphatic carbocycles. The van der Waals surface area contributed by atoms with Gasteiger partial charge in [-0.15, -0.1) is 0 Å². The van der Waals surface area contributed by atoms with Crippen molar-refractivity contribution in [3.05, 3.63) is 65.7 Å². The average Bonchev–Trinajstić information content (AvgIpc) is 3.21. The van der Waals surface area contributed by atoms with Crippen LogP contribution in [0.25, 0.3) is 0 Å². The lowest BCUT2D eigenvalue weighted by atomic mass is 9.76. The van der Waals surface area contributed by atoms with Crippen LogP contribution in [0.1, 0.15) is 22.0 Å². The van der Waals surface area contributed by atoms with Crippen LogP contribution in [0.4, 0.5) is 5.69 Å². The molecule has 2 atom stereocenters. The van der Waals surface area contributed by atoms with Crippen molar-refractivity contribution < 1.29 is 23.9 Å². The number of Topliss-reactive ketones (excluding diaryl/α,β-unsaturated/α-hetero) is 1. The number of hydrazone groups is 1. The lowest BCUT2D eigenvalue weighted by Crippen LogP contribution is -2.49. The maximum absolute atomic E-state index is 13.4. The van der Waals surface area contributed by atoms with Crippen molar-refractivity contribution in [2.75, 3.05) is 19.2 Å². The van der Waals surface area contributed by atoms with Crippen molar-refractivity contribution in [1.82, 2.24) is 0 Å². The van der Waals surface area contributed by atoms with E-state index in [0.717, 1.165) is 0 Å². The molecule has 1 aliphatic heterocycles. The molecule has 27 heavy (non-hydrogen) atoms. The first-order chi connectivity index (χ1) is 13.1. The van der Waals surface area contributed by atoms with Crippen LogP contribution in [0.5, 0.6) is 0 Å². The van der Waals surface area contributed by atoms with Gasteiger partial charge in [-0.2, -0.15) is 5.10 Å². The third-order valence-corrected chi connectivity index (χ3v) is 5.00. The van der Waals surface area contributed by atoms with E-state index in [0.29, 0.717) is 16.8 Å². The molecule has 2 aliphatic rings. The maximum Gasteiger partial charge on any atom is 0.356 e. The zero-order valence-corrected chi connectivity index (χ0v) is 14.7. The number of esters is 2. The van der Waals surface area contributed by atoms with E-state index in [-0.39, 0.29) is 5.71 Å². The number of hydrogen-bond acceptors (Lipinski definition) is 7. The lowest BCUT2D eigenvalue weighted by Gasteiger charge is -2.29. The molecule has 0 fully saturated rings. The highest BCUT2D eigenvalue weighted by Crippen LogP contribution is 2.55. The van der Waals surface area contributed by atoms with Crippen molar-refractivity contribution in [1.29, 1.82) is 0 Å². The summed E-state index contributed by atoms with van der Waals surface area (Å²) in [6, 6.07) is 15.1. The number of rotatable bonds is 3. The van der Waals surface area contributed by atoms with Gasteiger partial charge in [0.1, 0.15) is 6.04 Å². The zero-order valence-electron chi connectivity index (χ0n) is 14.7. The highest BCUT2D eigenvalue weighted by atomic mass is 16.5. The summed E-state index contributed by atoms with van der Waals surface area (Å²) in [5.74, 6) is -2.20. The summed E-state index contributed by atoms with van der Waals surface area (Å²) in [6.45, 7) is 0. The van der Waals surface area contributed by atoms with Gasteiger partial charge >= 0.3 is 11.9 Å². The van der Waals surface area contributed by atoms with E-state index in [1.54, 1.807) is 36.4 Å². The van der Waals surface area contributed by atoms with E-state index < -0.39 is 29.2 Å². The van der Waals surface area contributed by atoms with Gasteiger partial charge in [-0.3, -0.25) is 14.6 Å². The Labute approximate surface area is 155 Å². The Morgan fingerprint density at radius 2 is 1.67 bits per heavy atom. The molecule has 2 aromatic carbocycles. The van der Waals surface area contributed by atoms with Crippen LogP contribution < -0.4 is 5.01 Å². The summed E-state index contributed by atoms with van der Waals surface area (Å²) < 4.78 is 9.81. The van der Waals surface area contributed by atoms with Gasteiger partial charge in [-0.05, 0) is 17.7 Å². The van der Waals surface area contributed by atoms with Gasteiger partial charge in [-0.25, -0.2) is 4.79 Å². The number of carbonyl (C=O) groups is 3. The summed E-state index contributed by atoms with van der Waals surface area (Å²) >= 11 is 0. The van der Waals surface area contributed by atoms with E-state index >= 15 is 0 Å². The van der Waals surface area contributed by atoms with Gasteiger partial charge in [0.25, 0.3) is 0 Å². The zero-order chi connectivity index (χ0) is 19.2. The summed E-state index contributed by atoms with van der Waals surface area (Å²) in [5, 5.41) is 5.88. The summed E-state index contributed by atoms with van der Waals surface area (Å²) in [4.78, 5) is 38.9. The number of carbonyl (C=O) groups excluding carboxylic acids is 3. The number of fused-ring (bicyclic) bond motifs is 3. The maximum atomic E-state index is 13.4. The molecule has 0 aromatic heterocycles. The molecule has 0 spiro atoms. The van der Waals surface area contributed by atoms with Gasteiger partial charge in [0, 0.05) is 5.56 Å². The third-order valence-electron chi connectivity index (χ3n) is 5.00. The van der Waals surface area contributed by atoms with Gasteiger partial charge in [0.15, 0.2) is 11.5 Å².